The smallest absolute Gasteiger partial charge is 0.352 e. The van der Waals surface area contributed by atoms with E-state index in [-0.39, 0.29) is 0 Å². The highest BCUT2D eigenvalue weighted by Crippen LogP contribution is 2.61. The molecule has 1 spiro atoms. The molecule has 1 unspecified atom stereocenters. The van der Waals surface area contributed by atoms with Crippen molar-refractivity contribution in [2.75, 3.05) is 0 Å². The van der Waals surface area contributed by atoms with Crippen LogP contribution in [0.4, 0.5) is 11.4 Å². The Kier molecular flexibility index (Phi) is 2.41. The van der Waals surface area contributed by atoms with Gasteiger partial charge >= 0.3 is 22.7 Å². The fraction of sp³-hybridized carbons (Fsp3) is 0. The quantitative estimate of drug-likeness (QED) is 0.233. The topological polar surface area (TPSA) is 34.8 Å². The van der Waals surface area contributed by atoms with Gasteiger partial charge < -0.3 is 4.74 Å². The van der Waals surface area contributed by atoms with Gasteiger partial charge in [-0.1, -0.05) is 17.8 Å². The summed E-state index contributed by atoms with van der Waals surface area (Å²) in [7, 11) is 0. The van der Waals surface area contributed by atoms with Crippen molar-refractivity contribution in [3.63, 3.8) is 0 Å². The summed E-state index contributed by atoms with van der Waals surface area (Å²) in [6, 6.07) is 23.7. The van der Waals surface area contributed by atoms with Crippen molar-refractivity contribution >= 4 is 45.1 Å². The van der Waals surface area contributed by atoms with Gasteiger partial charge in [-0.3, -0.25) is 0 Å². The maximum Gasteiger partial charge on any atom is 0.352 e. The predicted molar refractivity (Wildman–Crippen MR) is 127 cm³/mol. The van der Waals surface area contributed by atoms with Gasteiger partial charge in [-0.2, -0.15) is 4.57 Å². The summed E-state index contributed by atoms with van der Waals surface area (Å²) in [4.78, 5) is 7.40. The molecule has 10 rings (SSSR count). The van der Waals surface area contributed by atoms with Gasteiger partial charge in [-0.25, -0.2) is 4.98 Å². The average molecular weight is 457 g/mol. The minimum absolute atomic E-state index is 0.372. The minimum Gasteiger partial charge on any atom is -0.444 e. The van der Waals surface area contributed by atoms with Crippen molar-refractivity contribution in [2.24, 2.45) is 0 Å². The summed E-state index contributed by atoms with van der Waals surface area (Å²) in [6.45, 7) is 0. The Morgan fingerprint density at radius 1 is 0.794 bits per heavy atom. The van der Waals surface area contributed by atoms with E-state index in [0.29, 0.717) is 4.70 Å². The number of pyridine rings is 3. The molecule has 6 nitrogen and oxygen atoms in total. The van der Waals surface area contributed by atoms with Crippen molar-refractivity contribution in [2.45, 2.75) is 9.79 Å². The van der Waals surface area contributed by atoms with Crippen LogP contribution < -0.4 is 18.8 Å². The van der Waals surface area contributed by atoms with E-state index in [4.69, 9.17) is 9.72 Å². The average Bonchev–Trinajstić information content (AvgIpc) is 3.38. The molecule has 1 atom stereocenters. The molecule has 34 heavy (non-hydrogen) atoms. The second-order valence-electron chi connectivity index (χ2n) is 9.08. The van der Waals surface area contributed by atoms with Crippen molar-refractivity contribution in [3.05, 3.63) is 85.3 Å². The van der Waals surface area contributed by atoms with E-state index in [0.717, 1.165) is 34.3 Å². The highest BCUT2D eigenvalue weighted by atomic mass is 32.2. The number of para-hydroxylation sites is 1. The minimum atomic E-state index is 0.372. The molecule has 0 radical (unpaired) electrons. The van der Waals surface area contributed by atoms with E-state index in [9.17, 15) is 0 Å². The number of ether oxygens (including phenoxy) is 1. The molecule has 0 saturated carbocycles. The van der Waals surface area contributed by atoms with E-state index >= 15 is 0 Å². The molecule has 6 aromatic rings. The summed E-state index contributed by atoms with van der Waals surface area (Å²) in [6.07, 6.45) is 6.22. The first-order chi connectivity index (χ1) is 16.9. The lowest BCUT2D eigenvalue weighted by molar-refractivity contribution is -1.02. The van der Waals surface area contributed by atoms with E-state index in [1.54, 1.807) is 0 Å². The number of rotatable bonds is 0. The van der Waals surface area contributed by atoms with Gasteiger partial charge in [0.05, 0.1) is 15.2 Å². The first-order valence-electron chi connectivity index (χ1n) is 11.3. The Balaban J connectivity index is 1.59. The number of aromatic nitrogens is 4. The predicted octanol–water partition coefficient (Wildman–Crippen LogP) is 5.18. The Morgan fingerprint density at radius 3 is 2.71 bits per heavy atom. The molecule has 2 aromatic carbocycles. The summed E-state index contributed by atoms with van der Waals surface area (Å²) in [5.74, 6) is 1.73. The lowest BCUT2D eigenvalue weighted by Crippen LogP contribution is -2.84. The maximum absolute atomic E-state index is 6.61. The standard InChI is InChI=1S/C27H14N5OS/c1-2-13-29-17(7-1)22-25-19(11-12-28-22)33-18-9-10-21-24-26(18)32(25,29)30-14-4-6-16-15-5-3-8-20(34-21)23(15)31(24)27(16)30/h1-14H/q+3. The molecule has 0 N–H and O–H groups in total. The third kappa shape index (κ3) is 1.44. The van der Waals surface area contributed by atoms with Crippen LogP contribution in [0, 0.1) is 0 Å². The number of benzene rings is 2. The van der Waals surface area contributed by atoms with Crippen LogP contribution in [0.3, 0.4) is 0 Å². The molecule has 4 aromatic heterocycles. The van der Waals surface area contributed by atoms with Gasteiger partial charge in [0, 0.05) is 39.1 Å². The summed E-state index contributed by atoms with van der Waals surface area (Å²) in [5, 5.41) is 2.53. The number of nitrogens with zero attached hydrogens (tertiary/aromatic N) is 5. The normalized spacial score (nSPS) is 18.8. The van der Waals surface area contributed by atoms with Crippen molar-refractivity contribution in [1.29, 1.82) is 0 Å². The molecule has 4 aliphatic heterocycles. The molecule has 156 valence electrons. The number of hydrogen-bond acceptors (Lipinski definition) is 3. The molecule has 4 aliphatic rings. The molecular formula is C27H14N5OS+3. The highest BCUT2D eigenvalue weighted by molar-refractivity contribution is 7.99. The largest absolute Gasteiger partial charge is 0.444 e. The van der Waals surface area contributed by atoms with Gasteiger partial charge in [0.2, 0.25) is 29.1 Å². The molecule has 7 heteroatoms. The second-order valence-corrected chi connectivity index (χ2v) is 10.2. The Morgan fingerprint density at radius 2 is 1.71 bits per heavy atom. The van der Waals surface area contributed by atoms with E-state index in [2.05, 4.69) is 87.0 Å². The Labute approximate surface area is 197 Å². The molecule has 0 fully saturated rings. The van der Waals surface area contributed by atoms with Crippen LogP contribution in [-0.4, -0.2) is 9.55 Å². The Bertz CT molecular complexity index is 1990. The van der Waals surface area contributed by atoms with Gasteiger partial charge in [0.1, 0.15) is 4.70 Å². The molecule has 0 bridgehead atoms. The molecular weight excluding hydrogens is 442 g/mol. The van der Waals surface area contributed by atoms with Crippen LogP contribution in [0.5, 0.6) is 11.5 Å². The van der Waals surface area contributed by atoms with Gasteiger partial charge in [-0.05, 0) is 42.5 Å². The van der Waals surface area contributed by atoms with Crippen LogP contribution >= 0.6 is 11.8 Å². The summed E-state index contributed by atoms with van der Waals surface area (Å²) >= 11 is 1.85. The van der Waals surface area contributed by atoms with Crippen LogP contribution in [0.15, 0.2) is 95.1 Å². The zero-order valence-electron chi connectivity index (χ0n) is 17.6. The number of quaternary nitrogens is 1. The number of hydrogen-bond donors (Lipinski definition) is 0. The fourth-order valence-corrected chi connectivity index (χ4v) is 7.62. The first-order valence-corrected chi connectivity index (χ1v) is 12.1. The van der Waals surface area contributed by atoms with Gasteiger partial charge in [0.15, 0.2) is 11.7 Å². The molecule has 0 saturated heterocycles. The van der Waals surface area contributed by atoms with E-state index < -0.39 is 0 Å². The maximum atomic E-state index is 6.61. The third-order valence-corrected chi connectivity index (χ3v) is 8.73. The zero-order chi connectivity index (χ0) is 21.8. The van der Waals surface area contributed by atoms with Crippen molar-refractivity contribution < 1.29 is 14.1 Å². The summed E-state index contributed by atoms with van der Waals surface area (Å²) < 4.78 is 14.2. The van der Waals surface area contributed by atoms with Crippen LogP contribution in [0.2, 0.25) is 0 Å². The second kappa shape index (κ2) is 4.99. The van der Waals surface area contributed by atoms with E-state index in [1.807, 2.05) is 24.0 Å². The van der Waals surface area contributed by atoms with Gasteiger partial charge in [0.25, 0.3) is 0 Å². The highest BCUT2D eigenvalue weighted by Gasteiger charge is 2.70. The van der Waals surface area contributed by atoms with Crippen LogP contribution in [-0.2, 0) is 0 Å². The molecule has 0 aliphatic carbocycles. The van der Waals surface area contributed by atoms with E-state index in [1.165, 1.54) is 37.4 Å². The van der Waals surface area contributed by atoms with Crippen LogP contribution in [0.1, 0.15) is 0 Å². The first kappa shape index (κ1) is 16.4. The monoisotopic (exact) mass is 456 g/mol. The SMILES string of the molecule is c1cc[n+]2c(c1)-c1nccc3c1[N+]21c2c(ccc4c2-n2c5c(cccc5c5ccc[n+]1c52)S4)O3. The lowest BCUT2D eigenvalue weighted by atomic mass is 10.1. The zero-order valence-corrected chi connectivity index (χ0v) is 18.5. The fourth-order valence-electron chi connectivity index (χ4n) is 6.52. The number of fused-ring (bicyclic) bond motifs is 3. The van der Waals surface area contributed by atoms with Crippen molar-refractivity contribution in [1.82, 2.24) is 14.3 Å². The molecule has 8 heterocycles. The lowest BCUT2D eigenvalue weighted by Gasteiger charge is -2.32. The molecule has 0 amide bonds. The van der Waals surface area contributed by atoms with Crippen molar-refractivity contribution in [3.8, 4) is 28.6 Å². The summed E-state index contributed by atoms with van der Waals surface area (Å²) in [5.41, 5.74) is 7.88. The van der Waals surface area contributed by atoms with Crippen LogP contribution in [0.25, 0.3) is 39.0 Å². The van der Waals surface area contributed by atoms with Gasteiger partial charge in [-0.15, -0.1) is 0 Å². The Hall–Kier alpha value is -4.20. The third-order valence-electron chi connectivity index (χ3n) is 7.63.